The molecule has 6 heteroatoms. The van der Waals surface area contributed by atoms with Crippen LogP contribution in [0.3, 0.4) is 0 Å². The number of carbonyl (C=O) groups excluding carboxylic acids is 1. The number of aromatic nitrogens is 3. The highest BCUT2D eigenvalue weighted by atomic mass is 16.5. The van der Waals surface area contributed by atoms with E-state index in [0.29, 0.717) is 17.8 Å². The Hall–Kier alpha value is -3.25. The minimum atomic E-state index is -0.589. The minimum Gasteiger partial charge on any atom is -0.460 e. The average Bonchev–Trinajstić information content (AvgIpc) is 3.02. The smallest absolute Gasteiger partial charge is 0.376 e. The molecule has 1 N–H and O–H groups in total. The maximum absolute atomic E-state index is 12.2. The Bertz CT molecular complexity index is 1120. The lowest BCUT2D eigenvalue weighted by Crippen LogP contribution is -2.12. The van der Waals surface area contributed by atoms with Gasteiger partial charge in [-0.3, -0.25) is 0 Å². The molecule has 0 radical (unpaired) electrons. The van der Waals surface area contributed by atoms with Gasteiger partial charge in [-0.15, -0.1) is 0 Å². The van der Waals surface area contributed by atoms with Crippen LogP contribution in [0.15, 0.2) is 54.6 Å². The van der Waals surface area contributed by atoms with E-state index in [9.17, 15) is 9.90 Å². The molecule has 0 atom stereocenters. The number of ether oxygens (including phenoxy) is 1. The summed E-state index contributed by atoms with van der Waals surface area (Å²) in [6, 6.07) is 17.9. The van der Waals surface area contributed by atoms with Crippen LogP contribution in [0, 0.1) is 0 Å². The van der Waals surface area contributed by atoms with Gasteiger partial charge in [0.05, 0.1) is 29.9 Å². The molecule has 136 valence electrons. The Kier molecular flexibility index (Phi) is 4.56. The predicted molar refractivity (Wildman–Crippen MR) is 102 cm³/mol. The second-order valence-electron chi connectivity index (χ2n) is 6.16. The van der Waals surface area contributed by atoms with Crippen LogP contribution in [0.4, 0.5) is 0 Å². The van der Waals surface area contributed by atoms with Crippen molar-refractivity contribution >= 4 is 27.9 Å². The molecule has 0 aliphatic rings. The fourth-order valence-electron chi connectivity index (χ4n) is 3.33. The predicted octanol–water partition coefficient (Wildman–Crippen LogP) is 3.30. The number of para-hydroxylation sites is 1. The number of fused-ring (bicyclic) bond motifs is 3. The molecular formula is C21H19N3O3. The van der Waals surface area contributed by atoms with E-state index in [-0.39, 0.29) is 19.0 Å². The van der Waals surface area contributed by atoms with Crippen LogP contribution >= 0.6 is 0 Å². The maximum Gasteiger partial charge on any atom is 0.376 e. The molecule has 0 amide bonds. The third kappa shape index (κ3) is 3.04. The average molecular weight is 361 g/mol. The maximum atomic E-state index is 12.2. The second-order valence-corrected chi connectivity index (χ2v) is 6.16. The first kappa shape index (κ1) is 17.2. The van der Waals surface area contributed by atoms with Crippen LogP contribution in [0.25, 0.3) is 21.9 Å². The Labute approximate surface area is 156 Å². The fourth-order valence-corrected chi connectivity index (χ4v) is 3.33. The van der Waals surface area contributed by atoms with E-state index in [0.717, 1.165) is 22.0 Å². The first-order valence-electron chi connectivity index (χ1n) is 8.82. The summed E-state index contributed by atoms with van der Waals surface area (Å²) in [6.45, 7) is 2.29. The number of carbonyl (C=O) groups is 1. The molecule has 0 aliphatic heterocycles. The van der Waals surface area contributed by atoms with Crippen LogP contribution in [0.5, 0.6) is 0 Å². The summed E-state index contributed by atoms with van der Waals surface area (Å²) in [5, 5.41) is 10.8. The molecule has 2 aromatic carbocycles. The van der Waals surface area contributed by atoms with E-state index in [2.05, 4.69) is 14.5 Å². The van der Waals surface area contributed by atoms with Gasteiger partial charge in [0.2, 0.25) is 5.82 Å². The third-order valence-corrected chi connectivity index (χ3v) is 4.47. The number of aliphatic hydroxyl groups is 1. The molecule has 0 saturated heterocycles. The van der Waals surface area contributed by atoms with Gasteiger partial charge in [-0.2, -0.15) is 0 Å². The normalized spacial score (nSPS) is 11.2. The highest BCUT2D eigenvalue weighted by Gasteiger charge is 2.21. The molecule has 0 aliphatic carbocycles. The van der Waals surface area contributed by atoms with Gasteiger partial charge in [0, 0.05) is 11.9 Å². The highest BCUT2D eigenvalue weighted by molar-refractivity contribution is 6.07. The quantitative estimate of drug-likeness (QED) is 0.552. The van der Waals surface area contributed by atoms with E-state index in [1.807, 2.05) is 54.6 Å². The molecule has 4 rings (SSSR count). The zero-order chi connectivity index (χ0) is 18.8. The summed E-state index contributed by atoms with van der Waals surface area (Å²) < 4.78 is 7.12. The summed E-state index contributed by atoms with van der Waals surface area (Å²) in [4.78, 5) is 20.9. The Morgan fingerprint density at radius 1 is 1.07 bits per heavy atom. The van der Waals surface area contributed by atoms with Gasteiger partial charge in [0.1, 0.15) is 5.52 Å². The van der Waals surface area contributed by atoms with Crippen molar-refractivity contribution in [1.82, 2.24) is 14.5 Å². The second kappa shape index (κ2) is 7.17. The van der Waals surface area contributed by atoms with Crippen molar-refractivity contribution in [2.24, 2.45) is 0 Å². The molecule has 27 heavy (non-hydrogen) atoms. The number of benzene rings is 2. The van der Waals surface area contributed by atoms with Gasteiger partial charge >= 0.3 is 5.97 Å². The summed E-state index contributed by atoms with van der Waals surface area (Å²) in [5.74, 6) is -0.620. The standard InChI is InChI=1S/C21H19N3O3/c1-2-27-21(26)20-22-16(13-25)19-18(23-20)15-10-6-7-11-17(15)24(19)12-14-8-4-3-5-9-14/h3-11,25H,2,12-13H2,1H3. The van der Waals surface area contributed by atoms with Gasteiger partial charge in [-0.25, -0.2) is 14.8 Å². The van der Waals surface area contributed by atoms with E-state index in [4.69, 9.17) is 4.74 Å². The van der Waals surface area contributed by atoms with Gasteiger partial charge in [0.15, 0.2) is 0 Å². The van der Waals surface area contributed by atoms with Crippen molar-refractivity contribution < 1.29 is 14.6 Å². The van der Waals surface area contributed by atoms with Crippen LogP contribution in [0.2, 0.25) is 0 Å². The van der Waals surface area contributed by atoms with Crippen LogP contribution in [-0.2, 0) is 17.9 Å². The van der Waals surface area contributed by atoms with Gasteiger partial charge < -0.3 is 14.4 Å². The lowest BCUT2D eigenvalue weighted by molar-refractivity contribution is 0.0512. The number of hydrogen-bond donors (Lipinski definition) is 1. The Balaban J connectivity index is 2.00. The topological polar surface area (TPSA) is 77.2 Å². The Morgan fingerprint density at radius 3 is 2.56 bits per heavy atom. The van der Waals surface area contributed by atoms with Gasteiger partial charge in [0.25, 0.3) is 0 Å². The molecule has 0 fully saturated rings. The molecule has 0 unspecified atom stereocenters. The molecule has 2 aromatic heterocycles. The number of nitrogens with zero attached hydrogens (tertiary/aromatic N) is 3. The first-order valence-corrected chi connectivity index (χ1v) is 8.82. The largest absolute Gasteiger partial charge is 0.460 e. The number of aliphatic hydroxyl groups excluding tert-OH is 1. The number of hydrogen-bond acceptors (Lipinski definition) is 5. The summed E-state index contributed by atoms with van der Waals surface area (Å²) in [5.41, 5.74) is 3.88. The van der Waals surface area contributed by atoms with Crippen LogP contribution in [-0.4, -0.2) is 32.2 Å². The number of rotatable bonds is 5. The van der Waals surface area contributed by atoms with Gasteiger partial charge in [-0.05, 0) is 18.6 Å². The van der Waals surface area contributed by atoms with Crippen molar-refractivity contribution in [2.75, 3.05) is 6.61 Å². The zero-order valence-corrected chi connectivity index (χ0v) is 14.9. The molecule has 0 spiro atoms. The van der Waals surface area contributed by atoms with E-state index < -0.39 is 5.97 Å². The van der Waals surface area contributed by atoms with E-state index in [1.54, 1.807) is 6.92 Å². The van der Waals surface area contributed by atoms with E-state index in [1.165, 1.54) is 0 Å². The van der Waals surface area contributed by atoms with Crippen molar-refractivity contribution in [3.8, 4) is 0 Å². The van der Waals surface area contributed by atoms with Crippen molar-refractivity contribution in [1.29, 1.82) is 0 Å². The van der Waals surface area contributed by atoms with Crippen molar-refractivity contribution in [3.05, 3.63) is 71.7 Å². The summed E-state index contributed by atoms with van der Waals surface area (Å²) >= 11 is 0. The molecule has 2 heterocycles. The molecule has 6 nitrogen and oxygen atoms in total. The third-order valence-electron chi connectivity index (χ3n) is 4.47. The first-order chi connectivity index (χ1) is 13.2. The lowest BCUT2D eigenvalue weighted by Gasteiger charge is -2.10. The Morgan fingerprint density at radius 2 is 1.81 bits per heavy atom. The van der Waals surface area contributed by atoms with E-state index >= 15 is 0 Å². The number of esters is 1. The monoisotopic (exact) mass is 361 g/mol. The van der Waals surface area contributed by atoms with Crippen LogP contribution in [0.1, 0.15) is 28.8 Å². The zero-order valence-electron chi connectivity index (χ0n) is 14.9. The molecular weight excluding hydrogens is 342 g/mol. The van der Waals surface area contributed by atoms with Crippen LogP contribution < -0.4 is 0 Å². The minimum absolute atomic E-state index is 0.0315. The van der Waals surface area contributed by atoms with Crippen molar-refractivity contribution in [3.63, 3.8) is 0 Å². The highest BCUT2D eigenvalue weighted by Crippen LogP contribution is 2.30. The van der Waals surface area contributed by atoms with Gasteiger partial charge in [-0.1, -0.05) is 48.5 Å². The SMILES string of the molecule is CCOC(=O)c1nc(CO)c2c(n1)c1ccccc1n2Cc1ccccc1. The fraction of sp³-hybridized carbons (Fsp3) is 0.190. The molecule has 0 saturated carbocycles. The van der Waals surface area contributed by atoms with Crippen molar-refractivity contribution in [2.45, 2.75) is 20.1 Å². The lowest BCUT2D eigenvalue weighted by atomic mass is 10.2. The molecule has 0 bridgehead atoms. The summed E-state index contributed by atoms with van der Waals surface area (Å²) in [7, 11) is 0. The summed E-state index contributed by atoms with van der Waals surface area (Å²) in [6.07, 6.45) is 0. The molecule has 4 aromatic rings.